The molecule has 0 saturated heterocycles. The average molecular weight is 569 g/mol. The number of aliphatic hydroxyl groups is 1. The largest absolute Gasteiger partial charge is 0.393 e. The van der Waals surface area contributed by atoms with Crippen molar-refractivity contribution in [2.45, 2.75) is 24.3 Å². The van der Waals surface area contributed by atoms with Crippen LogP contribution in [-0.4, -0.2) is 34.5 Å². The molecule has 2 N–H and O–H groups in total. The molecule has 1 aliphatic heterocycles. The molecule has 10 heteroatoms. The zero-order valence-electron chi connectivity index (χ0n) is 19.0. The maximum absolute atomic E-state index is 13.6. The Hall–Kier alpha value is -1.74. The highest BCUT2D eigenvalue weighted by Crippen LogP contribution is 2.42. The van der Waals surface area contributed by atoms with Gasteiger partial charge in [-0.05, 0) is 53.6 Å². The number of halogens is 3. The molecular formula is C25H24Cl3N3O2S2. The molecule has 0 aliphatic carbocycles. The van der Waals surface area contributed by atoms with E-state index in [0.717, 1.165) is 10.4 Å². The van der Waals surface area contributed by atoms with E-state index >= 15 is 0 Å². The van der Waals surface area contributed by atoms with E-state index < -0.39 is 4.87 Å². The Balaban J connectivity index is 1.70. The third kappa shape index (κ3) is 5.66. The highest BCUT2D eigenvalue weighted by atomic mass is 35.5. The Morgan fingerprint density at radius 2 is 1.89 bits per heavy atom. The van der Waals surface area contributed by atoms with Crippen molar-refractivity contribution >= 4 is 75.2 Å². The average Bonchev–Trinajstić information content (AvgIpc) is 3.47. The highest BCUT2D eigenvalue weighted by molar-refractivity contribution is 8.00. The second-order valence-electron chi connectivity index (χ2n) is 8.28. The fourth-order valence-corrected chi connectivity index (χ4v) is 6.29. The van der Waals surface area contributed by atoms with Crippen LogP contribution in [0.2, 0.25) is 15.1 Å². The summed E-state index contributed by atoms with van der Waals surface area (Å²) < 4.78 is 0. The molecule has 0 fully saturated rings. The Bertz CT molecular complexity index is 1220. The molecule has 35 heavy (non-hydrogen) atoms. The summed E-state index contributed by atoms with van der Waals surface area (Å²) in [7, 11) is 0. The number of aliphatic hydroxyl groups excluding tert-OH is 1. The number of hydrogen-bond acceptors (Lipinski definition) is 6. The molecular weight excluding hydrogens is 545 g/mol. The van der Waals surface area contributed by atoms with E-state index in [1.165, 1.54) is 11.8 Å². The lowest BCUT2D eigenvalue weighted by atomic mass is 9.90. The van der Waals surface area contributed by atoms with E-state index in [1.807, 2.05) is 55.0 Å². The molecule has 3 atom stereocenters. The van der Waals surface area contributed by atoms with E-state index in [-0.39, 0.29) is 24.5 Å². The molecule has 0 spiro atoms. The predicted molar refractivity (Wildman–Crippen MR) is 149 cm³/mol. The fraction of sp³-hybridized carbons (Fsp3) is 0.280. The van der Waals surface area contributed by atoms with Crippen molar-refractivity contribution in [1.82, 2.24) is 5.32 Å². The molecule has 1 aromatic heterocycles. The number of rotatable bonds is 8. The molecule has 1 amide bonds. The van der Waals surface area contributed by atoms with Crippen molar-refractivity contribution in [3.63, 3.8) is 0 Å². The van der Waals surface area contributed by atoms with Gasteiger partial charge in [0.25, 0.3) is 5.91 Å². The molecule has 0 saturated carbocycles. The number of benzene rings is 2. The van der Waals surface area contributed by atoms with Crippen LogP contribution in [0.1, 0.15) is 23.4 Å². The summed E-state index contributed by atoms with van der Waals surface area (Å²) in [6.45, 7) is 1.74. The van der Waals surface area contributed by atoms with Crippen molar-refractivity contribution in [2.24, 2.45) is 11.0 Å². The van der Waals surface area contributed by atoms with Gasteiger partial charge < -0.3 is 10.4 Å². The number of carbonyl (C=O) groups excluding carboxylic acids is 1. The standard InChI is InChI=1S/C25H24Cl3N3O2S2/c1-15-22(24(33)29-25(14-32,34-2)13-19-4-3-11-35-19)30-31(21-10-9-18(27)12-20(21)28)23(15)16-5-7-17(26)8-6-16/h3-12,15,23,32H,13-14H2,1-2H3,(H,29,33). The lowest BCUT2D eigenvalue weighted by molar-refractivity contribution is -0.116. The number of amides is 1. The molecule has 2 heterocycles. The number of thioether (sulfide) groups is 1. The first-order valence-electron chi connectivity index (χ1n) is 10.9. The van der Waals surface area contributed by atoms with Gasteiger partial charge in [-0.1, -0.05) is 59.9 Å². The van der Waals surface area contributed by atoms with Crippen LogP contribution < -0.4 is 10.3 Å². The van der Waals surface area contributed by atoms with Crippen molar-refractivity contribution < 1.29 is 9.90 Å². The van der Waals surface area contributed by atoms with Gasteiger partial charge in [0.05, 0.1) is 23.4 Å². The second kappa shape index (κ2) is 11.1. The van der Waals surface area contributed by atoms with Crippen molar-refractivity contribution in [3.8, 4) is 0 Å². The SMILES string of the molecule is CSC(CO)(Cc1cccs1)NC(=O)C1=NN(c2ccc(Cl)cc2Cl)C(c2ccc(Cl)cc2)C1C. The Morgan fingerprint density at radius 3 is 2.49 bits per heavy atom. The third-order valence-corrected chi connectivity index (χ3v) is 8.84. The highest BCUT2D eigenvalue weighted by Gasteiger charge is 2.42. The van der Waals surface area contributed by atoms with Crippen LogP contribution in [0.25, 0.3) is 0 Å². The van der Waals surface area contributed by atoms with E-state index in [4.69, 9.17) is 39.9 Å². The lowest BCUT2D eigenvalue weighted by Gasteiger charge is -2.31. The predicted octanol–water partition coefficient (Wildman–Crippen LogP) is 6.67. The first-order valence-corrected chi connectivity index (χ1v) is 14.1. The van der Waals surface area contributed by atoms with Crippen molar-refractivity contribution in [1.29, 1.82) is 0 Å². The maximum Gasteiger partial charge on any atom is 0.269 e. The number of nitrogens with one attached hydrogen (secondary N) is 1. The van der Waals surface area contributed by atoms with Crippen LogP contribution in [0.5, 0.6) is 0 Å². The van der Waals surface area contributed by atoms with Crippen LogP contribution in [-0.2, 0) is 11.2 Å². The minimum Gasteiger partial charge on any atom is -0.393 e. The van der Waals surface area contributed by atoms with Crippen LogP contribution in [0.4, 0.5) is 5.69 Å². The zero-order valence-corrected chi connectivity index (χ0v) is 22.9. The number of thiophene rings is 1. The minimum absolute atomic E-state index is 0.215. The summed E-state index contributed by atoms with van der Waals surface area (Å²) in [6, 6.07) is 16.3. The summed E-state index contributed by atoms with van der Waals surface area (Å²) in [6.07, 6.45) is 2.38. The van der Waals surface area contributed by atoms with Crippen LogP contribution in [0, 0.1) is 5.92 Å². The van der Waals surface area contributed by atoms with Gasteiger partial charge in [-0.3, -0.25) is 9.80 Å². The molecule has 1 aliphatic rings. The van der Waals surface area contributed by atoms with Gasteiger partial charge >= 0.3 is 0 Å². The van der Waals surface area contributed by atoms with E-state index in [2.05, 4.69) is 5.32 Å². The summed E-state index contributed by atoms with van der Waals surface area (Å²) >= 11 is 21.8. The van der Waals surface area contributed by atoms with E-state index in [1.54, 1.807) is 34.5 Å². The quantitative estimate of drug-likeness (QED) is 0.298. The van der Waals surface area contributed by atoms with Crippen LogP contribution in [0.15, 0.2) is 65.1 Å². The molecule has 2 aromatic carbocycles. The zero-order chi connectivity index (χ0) is 25.2. The first kappa shape index (κ1) is 26.3. The number of nitrogens with zero attached hydrogens (tertiary/aromatic N) is 2. The third-order valence-electron chi connectivity index (χ3n) is 6.01. The van der Waals surface area contributed by atoms with Crippen molar-refractivity contribution in [3.05, 3.63) is 85.5 Å². The molecule has 184 valence electrons. The second-order valence-corrected chi connectivity index (χ2v) is 11.8. The summed E-state index contributed by atoms with van der Waals surface area (Å²) in [5.74, 6) is -0.605. The molecule has 3 unspecified atom stereocenters. The van der Waals surface area contributed by atoms with Gasteiger partial charge in [0, 0.05) is 27.3 Å². The summed E-state index contributed by atoms with van der Waals surface area (Å²) in [5, 5.41) is 23.4. The van der Waals surface area contributed by atoms with Gasteiger partial charge in [0.15, 0.2) is 0 Å². The molecule has 0 radical (unpaired) electrons. The van der Waals surface area contributed by atoms with Crippen LogP contribution >= 0.6 is 57.9 Å². The van der Waals surface area contributed by atoms with Gasteiger partial charge in [-0.25, -0.2) is 0 Å². The van der Waals surface area contributed by atoms with E-state index in [0.29, 0.717) is 32.9 Å². The van der Waals surface area contributed by atoms with Gasteiger partial charge in [-0.15, -0.1) is 23.1 Å². The Morgan fingerprint density at radius 1 is 1.17 bits per heavy atom. The normalized spacial score (nSPS) is 19.4. The fourth-order valence-electron chi connectivity index (χ4n) is 4.14. The van der Waals surface area contributed by atoms with Crippen LogP contribution in [0.3, 0.4) is 0 Å². The first-order chi connectivity index (χ1) is 16.8. The number of carbonyl (C=O) groups is 1. The molecule has 4 rings (SSSR count). The number of hydrazone groups is 1. The smallest absolute Gasteiger partial charge is 0.269 e. The lowest BCUT2D eigenvalue weighted by Crippen LogP contribution is -2.52. The Labute approximate surface area is 228 Å². The maximum atomic E-state index is 13.6. The minimum atomic E-state index is -0.870. The topological polar surface area (TPSA) is 64.9 Å². The monoisotopic (exact) mass is 567 g/mol. The molecule has 3 aromatic rings. The summed E-state index contributed by atoms with van der Waals surface area (Å²) in [5.41, 5.74) is 1.94. The number of anilines is 1. The Kier molecular flexibility index (Phi) is 8.36. The molecule has 5 nitrogen and oxygen atoms in total. The number of hydrogen-bond donors (Lipinski definition) is 2. The van der Waals surface area contributed by atoms with Gasteiger partial charge in [-0.2, -0.15) is 5.10 Å². The van der Waals surface area contributed by atoms with Gasteiger partial charge in [0.1, 0.15) is 10.6 Å². The molecule has 0 bridgehead atoms. The van der Waals surface area contributed by atoms with Crippen molar-refractivity contribution in [2.75, 3.05) is 17.9 Å². The van der Waals surface area contributed by atoms with Gasteiger partial charge in [0.2, 0.25) is 0 Å². The summed E-state index contributed by atoms with van der Waals surface area (Å²) in [4.78, 5) is 13.8. The van der Waals surface area contributed by atoms with E-state index in [9.17, 15) is 9.90 Å².